The average Bonchev–Trinajstić information content (AvgIpc) is 2.99. The van der Waals surface area contributed by atoms with Crippen LogP contribution in [0, 0.1) is 10.1 Å². The minimum Gasteiger partial charge on any atom is -0.493 e. The number of non-ortho nitro benzene ring substituents is 1. The number of carbonyl (C=O) groups is 2. The second kappa shape index (κ2) is 9.31. The highest BCUT2D eigenvalue weighted by atomic mass is 79.9. The summed E-state index contributed by atoms with van der Waals surface area (Å²) in [5.74, 6) is 0.507. The number of imide groups is 1. The van der Waals surface area contributed by atoms with Crippen molar-refractivity contribution in [3.05, 3.63) is 67.0 Å². The summed E-state index contributed by atoms with van der Waals surface area (Å²) >= 11 is 4.33. The van der Waals surface area contributed by atoms with Crippen LogP contribution in [0.15, 0.2) is 45.8 Å². The molecule has 0 aliphatic carbocycles. The zero-order valence-corrected chi connectivity index (χ0v) is 18.5. The first kappa shape index (κ1) is 21.8. The normalized spacial score (nSPS) is 15.0. The molecular weight excluding hydrogens is 476 g/mol. The maximum Gasteiger partial charge on any atom is 0.293 e. The number of likely N-dealkylation sites (N-methyl/N-ethyl adjacent to an activating group) is 1. The van der Waals surface area contributed by atoms with Crippen molar-refractivity contribution in [1.29, 1.82) is 0 Å². The molecule has 2 aromatic rings. The first-order valence-electron chi connectivity index (χ1n) is 8.83. The van der Waals surface area contributed by atoms with Gasteiger partial charge in [-0.1, -0.05) is 12.1 Å². The van der Waals surface area contributed by atoms with Gasteiger partial charge in [-0.25, -0.2) is 0 Å². The van der Waals surface area contributed by atoms with Crippen molar-refractivity contribution in [2.45, 2.75) is 13.5 Å². The summed E-state index contributed by atoms with van der Waals surface area (Å²) in [5, 5.41) is 10.6. The van der Waals surface area contributed by atoms with Crippen LogP contribution in [0.2, 0.25) is 0 Å². The number of thioether (sulfide) groups is 1. The van der Waals surface area contributed by atoms with Crippen LogP contribution >= 0.6 is 27.7 Å². The Morgan fingerprint density at radius 2 is 2.03 bits per heavy atom. The fourth-order valence-electron chi connectivity index (χ4n) is 2.80. The molecule has 0 spiro atoms. The molecule has 2 amide bonds. The standard InChI is InChI=1S/C20H17BrN2O6S/c1-3-22-19(24)17(30-20(22)25)10-13-8-15(21)18(16(9-13)28-2)29-11-12-5-4-6-14(7-12)23(26)27/h4-10H,3,11H2,1-2H3/b17-10-. The van der Waals surface area contributed by atoms with E-state index in [1.807, 2.05) is 0 Å². The molecule has 1 fully saturated rings. The molecule has 1 heterocycles. The van der Waals surface area contributed by atoms with Gasteiger partial charge in [-0.05, 0) is 64.0 Å². The third kappa shape index (κ3) is 4.65. The van der Waals surface area contributed by atoms with Crippen molar-refractivity contribution < 1.29 is 24.0 Å². The SMILES string of the molecule is CCN1C(=O)S/C(=C\c2cc(Br)c(OCc3cccc([N+](=O)[O-])c3)c(OC)c2)C1=O. The highest BCUT2D eigenvalue weighted by Crippen LogP contribution is 2.39. The van der Waals surface area contributed by atoms with Gasteiger partial charge in [-0.3, -0.25) is 24.6 Å². The van der Waals surface area contributed by atoms with E-state index in [1.54, 1.807) is 37.3 Å². The third-order valence-electron chi connectivity index (χ3n) is 4.24. The molecule has 8 nitrogen and oxygen atoms in total. The minimum atomic E-state index is -0.463. The molecule has 1 aliphatic heterocycles. The smallest absolute Gasteiger partial charge is 0.293 e. The number of rotatable bonds is 7. The van der Waals surface area contributed by atoms with Crippen LogP contribution in [0.3, 0.4) is 0 Å². The number of hydrogen-bond donors (Lipinski definition) is 0. The predicted octanol–water partition coefficient (Wildman–Crippen LogP) is 5.00. The lowest BCUT2D eigenvalue weighted by Gasteiger charge is -2.14. The molecule has 3 rings (SSSR count). The Morgan fingerprint density at radius 3 is 2.67 bits per heavy atom. The summed E-state index contributed by atoms with van der Waals surface area (Å²) in [7, 11) is 1.48. The molecule has 0 radical (unpaired) electrons. The largest absolute Gasteiger partial charge is 0.493 e. The van der Waals surface area contributed by atoms with E-state index >= 15 is 0 Å². The van der Waals surface area contributed by atoms with E-state index in [1.165, 1.54) is 24.1 Å². The van der Waals surface area contributed by atoms with Crippen molar-refractivity contribution in [3.8, 4) is 11.5 Å². The summed E-state index contributed by atoms with van der Waals surface area (Å²) < 4.78 is 11.8. The molecule has 0 bridgehead atoms. The Bertz CT molecular complexity index is 1060. The van der Waals surface area contributed by atoms with E-state index < -0.39 is 4.92 Å². The lowest BCUT2D eigenvalue weighted by Crippen LogP contribution is -2.27. The Hall–Kier alpha value is -2.85. The molecule has 30 heavy (non-hydrogen) atoms. The van der Waals surface area contributed by atoms with E-state index in [0.717, 1.165) is 11.8 Å². The molecule has 0 N–H and O–H groups in total. The van der Waals surface area contributed by atoms with Gasteiger partial charge in [0.2, 0.25) is 0 Å². The van der Waals surface area contributed by atoms with Crippen LogP contribution in [0.5, 0.6) is 11.5 Å². The molecule has 0 atom stereocenters. The third-order valence-corrected chi connectivity index (χ3v) is 5.74. The highest BCUT2D eigenvalue weighted by Gasteiger charge is 2.33. The summed E-state index contributed by atoms with van der Waals surface area (Å²) in [6.45, 7) is 2.16. The maximum atomic E-state index is 12.3. The lowest BCUT2D eigenvalue weighted by molar-refractivity contribution is -0.384. The predicted molar refractivity (Wildman–Crippen MR) is 116 cm³/mol. The number of amides is 2. The molecular formula is C20H17BrN2O6S. The monoisotopic (exact) mass is 492 g/mol. The van der Waals surface area contributed by atoms with Crippen LogP contribution in [-0.2, 0) is 11.4 Å². The molecule has 0 unspecified atom stereocenters. The zero-order chi connectivity index (χ0) is 21.8. The highest BCUT2D eigenvalue weighted by molar-refractivity contribution is 9.10. The first-order valence-corrected chi connectivity index (χ1v) is 10.4. The van der Waals surface area contributed by atoms with Crippen LogP contribution in [0.4, 0.5) is 10.5 Å². The molecule has 10 heteroatoms. The Morgan fingerprint density at radius 1 is 1.27 bits per heavy atom. The number of nitrogens with zero attached hydrogens (tertiary/aromatic N) is 2. The van der Waals surface area contributed by atoms with Crippen LogP contribution in [0.25, 0.3) is 6.08 Å². The van der Waals surface area contributed by atoms with Crippen LogP contribution in [-0.4, -0.2) is 34.6 Å². The summed E-state index contributed by atoms with van der Waals surface area (Å²) in [6, 6.07) is 9.60. The van der Waals surface area contributed by atoms with Gasteiger partial charge in [0.1, 0.15) is 6.61 Å². The van der Waals surface area contributed by atoms with Gasteiger partial charge in [0, 0.05) is 18.7 Å². The number of ether oxygens (including phenoxy) is 2. The maximum absolute atomic E-state index is 12.3. The van der Waals surface area contributed by atoms with Crippen molar-refractivity contribution in [2.24, 2.45) is 0 Å². The van der Waals surface area contributed by atoms with Crippen molar-refractivity contribution in [1.82, 2.24) is 4.90 Å². The number of methoxy groups -OCH3 is 1. The number of nitro benzene ring substituents is 1. The minimum absolute atomic E-state index is 0.0153. The second-order valence-electron chi connectivity index (χ2n) is 6.18. The van der Waals surface area contributed by atoms with E-state index in [4.69, 9.17) is 9.47 Å². The first-order chi connectivity index (χ1) is 14.3. The van der Waals surface area contributed by atoms with Gasteiger partial charge in [0.15, 0.2) is 11.5 Å². The number of benzene rings is 2. The van der Waals surface area contributed by atoms with Crippen molar-refractivity contribution in [3.63, 3.8) is 0 Å². The number of carbonyl (C=O) groups excluding carboxylic acids is 2. The molecule has 156 valence electrons. The summed E-state index contributed by atoms with van der Waals surface area (Å²) in [4.78, 5) is 36.1. The van der Waals surface area contributed by atoms with Crippen molar-refractivity contribution in [2.75, 3.05) is 13.7 Å². The van der Waals surface area contributed by atoms with E-state index in [9.17, 15) is 19.7 Å². The molecule has 0 saturated carbocycles. The number of hydrogen-bond acceptors (Lipinski definition) is 7. The van der Waals surface area contributed by atoms with E-state index in [2.05, 4.69) is 15.9 Å². The fourth-order valence-corrected chi connectivity index (χ4v) is 4.28. The Kier molecular flexibility index (Phi) is 6.78. The number of halogens is 1. The molecule has 1 aliphatic rings. The van der Waals surface area contributed by atoms with Crippen LogP contribution in [0.1, 0.15) is 18.1 Å². The molecule has 1 saturated heterocycles. The molecule has 0 aromatic heterocycles. The Balaban J connectivity index is 1.84. The summed E-state index contributed by atoms with van der Waals surface area (Å²) in [6.07, 6.45) is 1.62. The quantitative estimate of drug-likeness (QED) is 0.304. The van der Waals surface area contributed by atoms with Gasteiger partial charge in [-0.2, -0.15) is 0 Å². The van der Waals surface area contributed by atoms with E-state index in [0.29, 0.717) is 38.5 Å². The van der Waals surface area contributed by atoms with Gasteiger partial charge < -0.3 is 9.47 Å². The fraction of sp³-hybridized carbons (Fsp3) is 0.200. The van der Waals surface area contributed by atoms with E-state index in [-0.39, 0.29) is 23.4 Å². The van der Waals surface area contributed by atoms with Crippen LogP contribution < -0.4 is 9.47 Å². The Labute approximate surface area is 185 Å². The second-order valence-corrected chi connectivity index (χ2v) is 8.02. The average molecular weight is 493 g/mol. The lowest BCUT2D eigenvalue weighted by atomic mass is 10.1. The molecule has 2 aromatic carbocycles. The zero-order valence-electron chi connectivity index (χ0n) is 16.1. The van der Waals surface area contributed by atoms with Gasteiger partial charge >= 0.3 is 0 Å². The topological polar surface area (TPSA) is 99.0 Å². The van der Waals surface area contributed by atoms with Crippen molar-refractivity contribution >= 4 is 50.6 Å². The van der Waals surface area contributed by atoms with Gasteiger partial charge in [0.25, 0.3) is 16.8 Å². The van der Waals surface area contributed by atoms with Gasteiger partial charge in [0.05, 0.1) is 21.4 Å². The summed E-state index contributed by atoms with van der Waals surface area (Å²) in [5.41, 5.74) is 1.28. The van der Waals surface area contributed by atoms with Gasteiger partial charge in [-0.15, -0.1) is 0 Å². The number of nitro groups is 1.